The molecule has 20 heavy (non-hydrogen) atoms. The van der Waals surface area contributed by atoms with Crippen molar-refractivity contribution in [3.63, 3.8) is 0 Å². The molecule has 0 unspecified atom stereocenters. The average molecular weight is 268 g/mol. The van der Waals surface area contributed by atoms with Crippen LogP contribution in [0.25, 0.3) is 5.65 Å². The SMILES string of the molecule is COc1ccc(CNc2nc3cccc(C)n3n2)cc1. The number of anilines is 1. The van der Waals surface area contributed by atoms with Crippen LogP contribution in [-0.2, 0) is 6.54 Å². The quantitative estimate of drug-likeness (QED) is 0.790. The normalized spacial score (nSPS) is 10.7. The Morgan fingerprint density at radius 2 is 1.95 bits per heavy atom. The monoisotopic (exact) mass is 268 g/mol. The Morgan fingerprint density at radius 3 is 2.65 bits per heavy atom. The molecule has 0 fully saturated rings. The van der Waals surface area contributed by atoms with Crippen molar-refractivity contribution in [3.05, 3.63) is 53.7 Å². The molecule has 2 aromatic heterocycles. The fraction of sp³-hybridized carbons (Fsp3) is 0.200. The van der Waals surface area contributed by atoms with Gasteiger partial charge in [-0.05, 0) is 36.8 Å². The van der Waals surface area contributed by atoms with Gasteiger partial charge in [-0.3, -0.25) is 0 Å². The minimum atomic E-state index is 0.634. The van der Waals surface area contributed by atoms with Gasteiger partial charge in [-0.2, -0.15) is 4.98 Å². The van der Waals surface area contributed by atoms with Gasteiger partial charge in [0, 0.05) is 12.2 Å². The van der Waals surface area contributed by atoms with Gasteiger partial charge in [-0.15, -0.1) is 5.10 Å². The number of aromatic nitrogens is 3. The van der Waals surface area contributed by atoms with Gasteiger partial charge in [-0.25, -0.2) is 4.52 Å². The van der Waals surface area contributed by atoms with Gasteiger partial charge in [0.15, 0.2) is 5.65 Å². The van der Waals surface area contributed by atoms with Gasteiger partial charge in [0.25, 0.3) is 0 Å². The van der Waals surface area contributed by atoms with E-state index in [1.165, 1.54) is 0 Å². The third-order valence-corrected chi connectivity index (χ3v) is 3.16. The van der Waals surface area contributed by atoms with Crippen LogP contribution in [0, 0.1) is 6.92 Å². The summed E-state index contributed by atoms with van der Waals surface area (Å²) in [5, 5.41) is 7.66. The van der Waals surface area contributed by atoms with Crippen LogP contribution in [0.3, 0.4) is 0 Å². The number of nitrogens with zero attached hydrogens (tertiary/aromatic N) is 3. The molecule has 0 bridgehead atoms. The molecule has 1 aromatic carbocycles. The molecule has 3 aromatic rings. The van der Waals surface area contributed by atoms with Crippen molar-refractivity contribution in [3.8, 4) is 5.75 Å². The molecule has 0 aliphatic heterocycles. The molecule has 2 heterocycles. The molecule has 0 aliphatic rings. The molecular weight excluding hydrogens is 252 g/mol. The largest absolute Gasteiger partial charge is 0.497 e. The van der Waals surface area contributed by atoms with Crippen LogP contribution >= 0.6 is 0 Å². The second-order valence-corrected chi connectivity index (χ2v) is 4.57. The molecule has 1 N–H and O–H groups in total. The molecular formula is C15H16N4O. The summed E-state index contributed by atoms with van der Waals surface area (Å²) in [6.45, 7) is 2.69. The van der Waals surface area contributed by atoms with Crippen molar-refractivity contribution in [1.29, 1.82) is 0 Å². The third-order valence-electron chi connectivity index (χ3n) is 3.16. The minimum Gasteiger partial charge on any atom is -0.497 e. The molecule has 102 valence electrons. The number of rotatable bonds is 4. The Morgan fingerprint density at radius 1 is 1.15 bits per heavy atom. The summed E-state index contributed by atoms with van der Waals surface area (Å²) in [6.07, 6.45) is 0. The maximum atomic E-state index is 5.14. The van der Waals surface area contributed by atoms with Crippen LogP contribution in [0.4, 0.5) is 5.95 Å². The summed E-state index contributed by atoms with van der Waals surface area (Å²) in [4.78, 5) is 4.44. The van der Waals surface area contributed by atoms with Crippen molar-refractivity contribution in [1.82, 2.24) is 14.6 Å². The fourth-order valence-corrected chi connectivity index (χ4v) is 2.04. The summed E-state index contributed by atoms with van der Waals surface area (Å²) in [5.74, 6) is 1.49. The number of fused-ring (bicyclic) bond motifs is 1. The second kappa shape index (κ2) is 5.21. The fourth-order valence-electron chi connectivity index (χ4n) is 2.04. The van der Waals surface area contributed by atoms with Crippen LogP contribution in [0.15, 0.2) is 42.5 Å². The maximum absolute atomic E-state index is 5.14. The van der Waals surface area contributed by atoms with Gasteiger partial charge in [0.2, 0.25) is 5.95 Å². The molecule has 5 heteroatoms. The van der Waals surface area contributed by atoms with Crippen LogP contribution in [0.2, 0.25) is 0 Å². The zero-order valence-corrected chi connectivity index (χ0v) is 11.5. The topological polar surface area (TPSA) is 51.5 Å². The molecule has 0 aliphatic carbocycles. The summed E-state index contributed by atoms with van der Waals surface area (Å²) < 4.78 is 6.97. The summed E-state index contributed by atoms with van der Waals surface area (Å²) in [7, 11) is 1.66. The van der Waals surface area contributed by atoms with E-state index in [4.69, 9.17) is 4.74 Å². The first-order valence-corrected chi connectivity index (χ1v) is 6.45. The Balaban J connectivity index is 1.74. The Hall–Kier alpha value is -2.56. The molecule has 0 spiro atoms. The van der Waals surface area contributed by atoms with Crippen molar-refractivity contribution in [2.45, 2.75) is 13.5 Å². The van der Waals surface area contributed by atoms with E-state index in [-0.39, 0.29) is 0 Å². The van der Waals surface area contributed by atoms with E-state index in [0.29, 0.717) is 12.5 Å². The Labute approximate surface area is 117 Å². The number of ether oxygens (including phenoxy) is 1. The van der Waals surface area contributed by atoms with E-state index < -0.39 is 0 Å². The van der Waals surface area contributed by atoms with E-state index in [1.807, 2.05) is 53.9 Å². The second-order valence-electron chi connectivity index (χ2n) is 4.57. The Bertz CT molecular complexity index is 718. The van der Waals surface area contributed by atoms with Crippen molar-refractivity contribution < 1.29 is 4.74 Å². The number of methoxy groups -OCH3 is 1. The predicted molar refractivity (Wildman–Crippen MR) is 78.0 cm³/mol. The smallest absolute Gasteiger partial charge is 0.243 e. The van der Waals surface area contributed by atoms with Crippen molar-refractivity contribution in [2.24, 2.45) is 0 Å². The number of hydrogen-bond acceptors (Lipinski definition) is 4. The lowest BCUT2D eigenvalue weighted by Crippen LogP contribution is -2.01. The maximum Gasteiger partial charge on any atom is 0.243 e. The molecule has 0 atom stereocenters. The first kappa shape index (κ1) is 12.5. The van der Waals surface area contributed by atoms with Crippen LogP contribution < -0.4 is 10.1 Å². The van der Waals surface area contributed by atoms with E-state index >= 15 is 0 Å². The number of hydrogen-bond donors (Lipinski definition) is 1. The highest BCUT2D eigenvalue weighted by atomic mass is 16.5. The number of aryl methyl sites for hydroxylation is 1. The zero-order valence-electron chi connectivity index (χ0n) is 11.5. The highest BCUT2D eigenvalue weighted by molar-refractivity contribution is 5.44. The molecule has 0 radical (unpaired) electrons. The number of pyridine rings is 1. The summed E-state index contributed by atoms with van der Waals surface area (Å²) in [6, 6.07) is 13.9. The molecule has 5 nitrogen and oxygen atoms in total. The Kier molecular flexibility index (Phi) is 3.25. The van der Waals surface area contributed by atoms with Crippen LogP contribution in [-0.4, -0.2) is 21.7 Å². The summed E-state index contributed by atoms with van der Waals surface area (Å²) in [5.41, 5.74) is 3.07. The highest BCUT2D eigenvalue weighted by Crippen LogP contribution is 2.13. The van der Waals surface area contributed by atoms with E-state index in [0.717, 1.165) is 22.7 Å². The zero-order chi connectivity index (χ0) is 13.9. The molecule has 3 rings (SSSR count). The highest BCUT2D eigenvalue weighted by Gasteiger charge is 2.04. The minimum absolute atomic E-state index is 0.634. The lowest BCUT2D eigenvalue weighted by atomic mass is 10.2. The van der Waals surface area contributed by atoms with E-state index in [1.54, 1.807) is 7.11 Å². The number of nitrogens with one attached hydrogen (secondary N) is 1. The van der Waals surface area contributed by atoms with Gasteiger partial charge in [0.1, 0.15) is 5.75 Å². The number of benzene rings is 1. The third kappa shape index (κ3) is 2.42. The molecule has 0 saturated carbocycles. The first-order valence-electron chi connectivity index (χ1n) is 6.45. The lowest BCUT2D eigenvalue weighted by Gasteiger charge is -2.03. The van der Waals surface area contributed by atoms with Crippen molar-refractivity contribution in [2.75, 3.05) is 12.4 Å². The van der Waals surface area contributed by atoms with Gasteiger partial charge in [-0.1, -0.05) is 18.2 Å². The van der Waals surface area contributed by atoms with Crippen LogP contribution in [0.1, 0.15) is 11.3 Å². The summed E-state index contributed by atoms with van der Waals surface area (Å²) >= 11 is 0. The molecule has 0 amide bonds. The first-order chi connectivity index (χ1) is 9.76. The standard InChI is InChI=1S/C15H16N4O/c1-11-4-3-5-14-17-15(18-19(11)14)16-10-12-6-8-13(20-2)9-7-12/h3-9H,10H2,1-2H3,(H,16,18). The van der Waals surface area contributed by atoms with E-state index in [2.05, 4.69) is 15.4 Å². The van der Waals surface area contributed by atoms with Gasteiger partial charge < -0.3 is 10.1 Å². The van der Waals surface area contributed by atoms with Gasteiger partial charge in [0.05, 0.1) is 7.11 Å². The average Bonchev–Trinajstić information content (AvgIpc) is 2.90. The van der Waals surface area contributed by atoms with Crippen LogP contribution in [0.5, 0.6) is 5.75 Å². The predicted octanol–water partition coefficient (Wildman–Crippen LogP) is 2.66. The molecule has 0 saturated heterocycles. The van der Waals surface area contributed by atoms with Crippen molar-refractivity contribution >= 4 is 11.6 Å². The van der Waals surface area contributed by atoms with Gasteiger partial charge >= 0.3 is 0 Å². The van der Waals surface area contributed by atoms with E-state index in [9.17, 15) is 0 Å². The lowest BCUT2D eigenvalue weighted by molar-refractivity contribution is 0.414.